The van der Waals surface area contributed by atoms with Crippen molar-refractivity contribution >= 4 is 29.4 Å². The summed E-state index contributed by atoms with van der Waals surface area (Å²) in [5.74, 6) is -1.49. The second-order valence-electron chi connectivity index (χ2n) is 5.40. The first-order chi connectivity index (χ1) is 12.3. The molecule has 0 fully saturated rings. The van der Waals surface area contributed by atoms with E-state index in [-0.39, 0.29) is 35.6 Å². The summed E-state index contributed by atoms with van der Waals surface area (Å²) < 4.78 is 40.2. The molecule has 0 aliphatic rings. The molecule has 10 heteroatoms. The summed E-state index contributed by atoms with van der Waals surface area (Å²) in [5, 5.41) is 9.44. The molecule has 0 unspecified atom stereocenters. The van der Waals surface area contributed by atoms with Crippen molar-refractivity contribution in [3.63, 3.8) is 0 Å². The van der Waals surface area contributed by atoms with Crippen LogP contribution in [0.25, 0.3) is 16.7 Å². The Balaban J connectivity index is 0.00000261. The number of carboxylic acid groups (broad SMARTS) is 1. The second kappa shape index (κ2) is 7.37. The van der Waals surface area contributed by atoms with Gasteiger partial charge in [-0.3, -0.25) is 9.36 Å². The number of fused-ring (bicyclic) bond motifs is 1. The van der Waals surface area contributed by atoms with Gasteiger partial charge in [0.1, 0.15) is 17.0 Å². The number of aromatic carboxylic acids is 1. The van der Waals surface area contributed by atoms with E-state index in [1.54, 1.807) is 18.2 Å². The van der Waals surface area contributed by atoms with Crippen LogP contribution in [0.1, 0.15) is 21.7 Å². The van der Waals surface area contributed by atoms with Crippen LogP contribution < -0.4 is 11.2 Å². The van der Waals surface area contributed by atoms with Gasteiger partial charge in [-0.05, 0) is 24.3 Å². The third kappa shape index (κ3) is 3.51. The van der Waals surface area contributed by atoms with Crippen LogP contribution >= 0.6 is 12.4 Å². The zero-order chi connectivity index (χ0) is 19.1. The molecule has 0 saturated carbocycles. The maximum atomic E-state index is 13.1. The lowest BCUT2D eigenvalue weighted by molar-refractivity contribution is -0.141. The van der Waals surface area contributed by atoms with Crippen molar-refractivity contribution in [3.8, 4) is 5.69 Å². The quantitative estimate of drug-likeness (QED) is 0.705. The van der Waals surface area contributed by atoms with E-state index in [2.05, 4.69) is 4.98 Å². The molecule has 1 aromatic carbocycles. The summed E-state index contributed by atoms with van der Waals surface area (Å²) in [5.41, 5.74) is 2.69. The van der Waals surface area contributed by atoms with Crippen LogP contribution in [0.5, 0.6) is 0 Å². The maximum absolute atomic E-state index is 13.1. The first-order valence-electron chi connectivity index (χ1n) is 7.40. The molecule has 2 heterocycles. The summed E-state index contributed by atoms with van der Waals surface area (Å²) in [6.45, 7) is -0.385. The fraction of sp³-hybridized carbons (Fsp3) is 0.118. The molecule has 0 bridgehead atoms. The molecule has 0 aliphatic heterocycles. The van der Waals surface area contributed by atoms with E-state index in [1.165, 1.54) is 12.1 Å². The van der Waals surface area contributed by atoms with Gasteiger partial charge in [0.25, 0.3) is 0 Å². The number of pyridine rings is 2. The summed E-state index contributed by atoms with van der Waals surface area (Å²) in [7, 11) is 0. The molecule has 0 atom stereocenters. The number of nitrogens with two attached hydrogens (primary N) is 1. The van der Waals surface area contributed by atoms with Crippen LogP contribution in [0.4, 0.5) is 13.2 Å². The van der Waals surface area contributed by atoms with Gasteiger partial charge in [0, 0.05) is 17.8 Å². The highest BCUT2D eigenvalue weighted by Gasteiger charge is 2.33. The number of halogens is 4. The van der Waals surface area contributed by atoms with E-state index < -0.39 is 34.6 Å². The maximum Gasteiger partial charge on any atom is 0.433 e. The summed E-state index contributed by atoms with van der Waals surface area (Å²) in [6, 6.07) is 9.49. The molecule has 0 saturated heterocycles. The highest BCUT2D eigenvalue weighted by molar-refractivity contribution is 5.93. The van der Waals surface area contributed by atoms with Crippen molar-refractivity contribution < 1.29 is 23.1 Å². The highest BCUT2D eigenvalue weighted by atomic mass is 35.5. The summed E-state index contributed by atoms with van der Waals surface area (Å²) in [4.78, 5) is 27.9. The van der Waals surface area contributed by atoms with Crippen LogP contribution in [0.3, 0.4) is 0 Å². The van der Waals surface area contributed by atoms with Gasteiger partial charge >= 0.3 is 12.1 Å². The van der Waals surface area contributed by atoms with Gasteiger partial charge in [0.15, 0.2) is 5.43 Å². The molecule has 0 radical (unpaired) electrons. The SMILES string of the molecule is Cl.NCc1c(C(=O)O)n(-c2ccccc2)c2nc(C(F)(F)F)ccc2c1=O. The minimum atomic E-state index is -4.75. The van der Waals surface area contributed by atoms with Gasteiger partial charge in [0.05, 0.1) is 5.39 Å². The number of aromatic nitrogens is 2. The monoisotopic (exact) mass is 399 g/mol. The standard InChI is InChI=1S/C17H12F3N3O3.ClH/c18-17(19,20)12-7-6-10-14(24)11(8-21)13(16(25)26)23(15(10)22-12)9-4-2-1-3-5-9;/h1-7H,8,21H2,(H,25,26);1H. The van der Waals surface area contributed by atoms with E-state index in [0.717, 1.165) is 10.6 Å². The Morgan fingerprint density at radius 1 is 1.15 bits per heavy atom. The molecule has 0 amide bonds. The fourth-order valence-corrected chi connectivity index (χ4v) is 2.71. The number of hydrogen-bond donors (Lipinski definition) is 2. The topological polar surface area (TPSA) is 98.2 Å². The van der Waals surface area contributed by atoms with E-state index in [9.17, 15) is 27.9 Å². The number of alkyl halides is 3. The van der Waals surface area contributed by atoms with Crippen LogP contribution in [-0.4, -0.2) is 20.6 Å². The van der Waals surface area contributed by atoms with Crippen molar-refractivity contribution in [1.29, 1.82) is 0 Å². The Bertz CT molecular complexity index is 1070. The zero-order valence-electron chi connectivity index (χ0n) is 13.5. The first kappa shape index (κ1) is 20.4. The van der Waals surface area contributed by atoms with Crippen molar-refractivity contribution in [2.45, 2.75) is 12.7 Å². The van der Waals surface area contributed by atoms with Crippen molar-refractivity contribution in [2.75, 3.05) is 0 Å². The molecule has 3 rings (SSSR count). The van der Waals surface area contributed by atoms with Gasteiger partial charge in [-0.2, -0.15) is 13.2 Å². The van der Waals surface area contributed by atoms with Crippen LogP contribution in [-0.2, 0) is 12.7 Å². The molecule has 3 aromatic rings. The highest BCUT2D eigenvalue weighted by Crippen LogP contribution is 2.30. The van der Waals surface area contributed by atoms with Crippen molar-refractivity contribution in [3.05, 3.63) is 69.6 Å². The van der Waals surface area contributed by atoms with Gasteiger partial charge in [-0.1, -0.05) is 18.2 Å². The fourth-order valence-electron chi connectivity index (χ4n) is 2.71. The first-order valence-corrected chi connectivity index (χ1v) is 7.40. The largest absolute Gasteiger partial charge is 0.477 e. The normalized spacial score (nSPS) is 11.3. The lowest BCUT2D eigenvalue weighted by Gasteiger charge is -2.18. The lowest BCUT2D eigenvalue weighted by atomic mass is 10.1. The van der Waals surface area contributed by atoms with E-state index in [1.807, 2.05) is 0 Å². The number of carbonyl (C=O) groups is 1. The van der Waals surface area contributed by atoms with Gasteiger partial charge in [-0.15, -0.1) is 12.4 Å². The average molecular weight is 400 g/mol. The van der Waals surface area contributed by atoms with Crippen molar-refractivity contribution in [1.82, 2.24) is 9.55 Å². The average Bonchev–Trinajstić information content (AvgIpc) is 2.61. The number of benzene rings is 1. The number of para-hydroxylation sites is 1. The molecule has 6 nitrogen and oxygen atoms in total. The Kier molecular flexibility index (Phi) is 5.57. The van der Waals surface area contributed by atoms with Gasteiger partial charge in [-0.25, -0.2) is 9.78 Å². The van der Waals surface area contributed by atoms with E-state index >= 15 is 0 Å². The van der Waals surface area contributed by atoms with Gasteiger partial charge in [0.2, 0.25) is 0 Å². The van der Waals surface area contributed by atoms with Crippen LogP contribution in [0.2, 0.25) is 0 Å². The second-order valence-corrected chi connectivity index (χ2v) is 5.40. The lowest BCUT2D eigenvalue weighted by Crippen LogP contribution is -2.26. The number of rotatable bonds is 3. The van der Waals surface area contributed by atoms with Crippen molar-refractivity contribution in [2.24, 2.45) is 5.73 Å². The molecule has 3 N–H and O–H groups in total. The molecule has 0 aliphatic carbocycles. The molecule has 142 valence electrons. The summed E-state index contributed by atoms with van der Waals surface area (Å²) in [6.07, 6.45) is -4.75. The molecule has 0 spiro atoms. The minimum Gasteiger partial charge on any atom is -0.477 e. The Labute approximate surface area is 156 Å². The third-order valence-electron chi connectivity index (χ3n) is 3.83. The predicted molar refractivity (Wildman–Crippen MR) is 94.4 cm³/mol. The number of nitrogens with zero attached hydrogens (tertiary/aromatic N) is 2. The number of carboxylic acids is 1. The van der Waals surface area contributed by atoms with Gasteiger partial charge < -0.3 is 10.8 Å². The summed E-state index contributed by atoms with van der Waals surface area (Å²) >= 11 is 0. The Morgan fingerprint density at radius 2 is 1.78 bits per heavy atom. The number of hydrogen-bond acceptors (Lipinski definition) is 4. The molecular weight excluding hydrogens is 387 g/mol. The van der Waals surface area contributed by atoms with E-state index in [4.69, 9.17) is 5.73 Å². The molecule has 2 aromatic heterocycles. The molecule has 27 heavy (non-hydrogen) atoms. The van der Waals surface area contributed by atoms with Crippen LogP contribution in [0.15, 0.2) is 47.3 Å². The van der Waals surface area contributed by atoms with Crippen LogP contribution in [0, 0.1) is 0 Å². The zero-order valence-corrected chi connectivity index (χ0v) is 14.3. The smallest absolute Gasteiger partial charge is 0.433 e. The Hall–Kier alpha value is -2.91. The van der Waals surface area contributed by atoms with E-state index in [0.29, 0.717) is 6.07 Å². The minimum absolute atomic E-state index is 0. The third-order valence-corrected chi connectivity index (χ3v) is 3.83. The Morgan fingerprint density at radius 3 is 2.30 bits per heavy atom. The molecular formula is C17H13ClF3N3O3. The predicted octanol–water partition coefficient (Wildman–Crippen LogP) is 2.98.